The van der Waals surface area contributed by atoms with Crippen molar-refractivity contribution in [2.24, 2.45) is 5.10 Å². The molecule has 0 saturated heterocycles. The summed E-state index contributed by atoms with van der Waals surface area (Å²) in [7, 11) is 0. The number of unbranched alkanes of at least 4 members (excludes halogenated alkanes) is 10. The van der Waals surface area contributed by atoms with E-state index in [1.807, 2.05) is 6.92 Å². The molecular formula is C32H44ClN3O5. The van der Waals surface area contributed by atoms with E-state index in [0.29, 0.717) is 34.9 Å². The molecule has 2 amide bonds. The average Bonchev–Trinajstić information content (AvgIpc) is 2.96. The Balaban J connectivity index is 1.66. The number of carbonyl (C=O) groups is 3. The molecule has 224 valence electrons. The van der Waals surface area contributed by atoms with Crippen LogP contribution in [0, 0.1) is 0 Å². The Bertz CT molecular complexity index is 1110. The van der Waals surface area contributed by atoms with Gasteiger partial charge in [-0.2, -0.15) is 5.10 Å². The van der Waals surface area contributed by atoms with Crippen molar-refractivity contribution in [2.75, 3.05) is 13.2 Å². The van der Waals surface area contributed by atoms with Crippen LogP contribution in [-0.4, -0.2) is 37.1 Å². The van der Waals surface area contributed by atoms with Gasteiger partial charge in [0.2, 0.25) is 5.91 Å². The van der Waals surface area contributed by atoms with E-state index < -0.39 is 11.9 Å². The Hall–Kier alpha value is -3.39. The van der Waals surface area contributed by atoms with E-state index in [9.17, 15) is 14.4 Å². The Morgan fingerprint density at radius 3 is 2.07 bits per heavy atom. The van der Waals surface area contributed by atoms with Gasteiger partial charge in [0.1, 0.15) is 0 Å². The van der Waals surface area contributed by atoms with Gasteiger partial charge >= 0.3 is 5.97 Å². The second-order valence-electron chi connectivity index (χ2n) is 9.89. The van der Waals surface area contributed by atoms with Crippen molar-refractivity contribution >= 4 is 35.6 Å². The van der Waals surface area contributed by atoms with Gasteiger partial charge in [-0.25, -0.2) is 10.2 Å². The second-order valence-corrected chi connectivity index (χ2v) is 10.3. The van der Waals surface area contributed by atoms with Crippen LogP contribution < -0.4 is 20.2 Å². The number of halogens is 1. The number of benzene rings is 2. The molecule has 0 heterocycles. The second kappa shape index (κ2) is 20.5. The highest BCUT2D eigenvalue weighted by Gasteiger charge is 2.13. The maximum Gasteiger partial charge on any atom is 0.343 e. The molecule has 0 fully saturated rings. The van der Waals surface area contributed by atoms with Crippen molar-refractivity contribution in [2.45, 2.75) is 90.9 Å². The van der Waals surface area contributed by atoms with E-state index in [1.54, 1.807) is 42.5 Å². The standard InChI is InChI=1S/C32H44ClN3O5/c1-3-5-6-7-8-9-10-11-12-13-14-15-30(37)34-24-31(38)36-35-23-25-16-21-28(29(22-25)40-4-2)41-32(39)26-17-19-27(33)20-18-26/h16-23H,3-15,24H2,1-2H3,(H,34,37)(H,36,38)/b35-23+. The summed E-state index contributed by atoms with van der Waals surface area (Å²) >= 11 is 5.88. The fourth-order valence-corrected chi connectivity index (χ4v) is 4.26. The van der Waals surface area contributed by atoms with Crippen molar-refractivity contribution in [3.05, 3.63) is 58.6 Å². The molecule has 2 rings (SSSR count). The molecule has 0 aromatic heterocycles. The molecule has 2 aromatic rings. The average molecular weight is 586 g/mol. The molecule has 0 aliphatic rings. The van der Waals surface area contributed by atoms with E-state index in [-0.39, 0.29) is 18.2 Å². The molecule has 9 heteroatoms. The molecule has 41 heavy (non-hydrogen) atoms. The largest absolute Gasteiger partial charge is 0.490 e. The van der Waals surface area contributed by atoms with Crippen molar-refractivity contribution < 1.29 is 23.9 Å². The number of nitrogens with one attached hydrogen (secondary N) is 2. The van der Waals surface area contributed by atoms with Gasteiger partial charge in [0.15, 0.2) is 11.5 Å². The van der Waals surface area contributed by atoms with Crippen molar-refractivity contribution in [3.63, 3.8) is 0 Å². The van der Waals surface area contributed by atoms with Crippen molar-refractivity contribution in [1.29, 1.82) is 0 Å². The molecule has 0 atom stereocenters. The first kappa shape index (κ1) is 33.8. The lowest BCUT2D eigenvalue weighted by atomic mass is 10.1. The number of hydrogen-bond donors (Lipinski definition) is 2. The monoisotopic (exact) mass is 585 g/mol. The summed E-state index contributed by atoms with van der Waals surface area (Å²) in [4.78, 5) is 36.6. The molecule has 2 aromatic carbocycles. The summed E-state index contributed by atoms with van der Waals surface area (Å²) in [5, 5.41) is 7.10. The molecule has 0 unspecified atom stereocenters. The lowest BCUT2D eigenvalue weighted by molar-refractivity contribution is -0.126. The van der Waals surface area contributed by atoms with E-state index in [0.717, 1.165) is 19.3 Å². The first-order valence-electron chi connectivity index (χ1n) is 14.8. The molecule has 0 radical (unpaired) electrons. The predicted molar refractivity (Wildman–Crippen MR) is 164 cm³/mol. The Morgan fingerprint density at radius 2 is 1.44 bits per heavy atom. The number of carbonyl (C=O) groups excluding carboxylic acids is 3. The minimum absolute atomic E-state index is 0.134. The number of hydrogen-bond acceptors (Lipinski definition) is 6. The zero-order valence-electron chi connectivity index (χ0n) is 24.4. The number of esters is 1. The van der Waals surface area contributed by atoms with Crippen LogP contribution in [0.3, 0.4) is 0 Å². The van der Waals surface area contributed by atoms with Crippen LogP contribution in [0.2, 0.25) is 5.02 Å². The highest BCUT2D eigenvalue weighted by atomic mass is 35.5. The minimum atomic E-state index is -0.540. The smallest absolute Gasteiger partial charge is 0.343 e. The van der Waals surface area contributed by atoms with E-state index >= 15 is 0 Å². The number of ether oxygens (including phenoxy) is 2. The van der Waals surface area contributed by atoms with Crippen LogP contribution in [0.15, 0.2) is 47.6 Å². The zero-order valence-corrected chi connectivity index (χ0v) is 25.1. The third-order valence-corrected chi connectivity index (χ3v) is 6.66. The Kier molecular flexibility index (Phi) is 16.9. The summed E-state index contributed by atoms with van der Waals surface area (Å²) in [6.45, 7) is 4.27. The predicted octanol–water partition coefficient (Wildman–Crippen LogP) is 7.23. The summed E-state index contributed by atoms with van der Waals surface area (Å²) in [6.07, 6.45) is 15.3. The van der Waals surface area contributed by atoms with E-state index in [4.69, 9.17) is 21.1 Å². The normalized spacial score (nSPS) is 10.9. The summed E-state index contributed by atoms with van der Waals surface area (Å²) < 4.78 is 11.1. The highest BCUT2D eigenvalue weighted by molar-refractivity contribution is 6.30. The Labute approximate surface area is 249 Å². The lowest BCUT2D eigenvalue weighted by Gasteiger charge is -2.11. The summed E-state index contributed by atoms with van der Waals surface area (Å²) in [6, 6.07) is 11.3. The molecule has 0 bridgehead atoms. The summed E-state index contributed by atoms with van der Waals surface area (Å²) in [5.41, 5.74) is 3.38. The van der Waals surface area contributed by atoms with Gasteiger partial charge in [0, 0.05) is 11.4 Å². The van der Waals surface area contributed by atoms with E-state index in [1.165, 1.54) is 57.6 Å². The maximum atomic E-state index is 12.5. The van der Waals surface area contributed by atoms with Crippen LogP contribution in [-0.2, 0) is 9.59 Å². The van der Waals surface area contributed by atoms with Crippen LogP contribution in [0.5, 0.6) is 11.5 Å². The molecule has 0 saturated carbocycles. The first-order chi connectivity index (χ1) is 19.9. The van der Waals surface area contributed by atoms with Gasteiger partial charge in [0.05, 0.1) is 24.9 Å². The van der Waals surface area contributed by atoms with Crippen LogP contribution in [0.1, 0.15) is 107 Å². The number of nitrogens with zero attached hydrogens (tertiary/aromatic N) is 1. The fraction of sp³-hybridized carbons (Fsp3) is 0.500. The SMILES string of the molecule is CCCCCCCCCCCCCC(=O)NCC(=O)N/N=C/c1ccc(OC(=O)c2ccc(Cl)cc2)c(OCC)c1. The molecule has 0 aliphatic heterocycles. The molecule has 2 N–H and O–H groups in total. The van der Waals surface area contributed by atoms with Gasteiger partial charge in [-0.3, -0.25) is 9.59 Å². The molecular weight excluding hydrogens is 542 g/mol. The number of amides is 2. The van der Waals surface area contributed by atoms with Crippen LogP contribution >= 0.6 is 11.6 Å². The molecule has 0 spiro atoms. The zero-order chi connectivity index (χ0) is 29.7. The first-order valence-corrected chi connectivity index (χ1v) is 15.1. The van der Waals surface area contributed by atoms with Gasteiger partial charge < -0.3 is 14.8 Å². The minimum Gasteiger partial charge on any atom is -0.490 e. The molecule has 0 aliphatic carbocycles. The number of hydrazone groups is 1. The van der Waals surface area contributed by atoms with Crippen molar-refractivity contribution in [1.82, 2.24) is 10.7 Å². The van der Waals surface area contributed by atoms with Gasteiger partial charge in [0.25, 0.3) is 5.91 Å². The third-order valence-electron chi connectivity index (χ3n) is 6.41. The number of rotatable bonds is 20. The van der Waals surface area contributed by atoms with E-state index in [2.05, 4.69) is 22.8 Å². The quantitative estimate of drug-likeness (QED) is 0.0560. The lowest BCUT2D eigenvalue weighted by Crippen LogP contribution is -2.34. The maximum absolute atomic E-state index is 12.5. The summed E-state index contributed by atoms with van der Waals surface area (Å²) in [5.74, 6) is -0.479. The topological polar surface area (TPSA) is 106 Å². The Morgan fingerprint density at radius 1 is 0.805 bits per heavy atom. The third kappa shape index (κ3) is 14.7. The van der Waals surface area contributed by atoms with Crippen LogP contribution in [0.4, 0.5) is 0 Å². The molecule has 8 nitrogen and oxygen atoms in total. The van der Waals surface area contributed by atoms with Crippen molar-refractivity contribution in [3.8, 4) is 11.5 Å². The van der Waals surface area contributed by atoms with Gasteiger partial charge in [-0.1, -0.05) is 82.7 Å². The van der Waals surface area contributed by atoms with Crippen LogP contribution in [0.25, 0.3) is 0 Å². The highest BCUT2D eigenvalue weighted by Crippen LogP contribution is 2.29. The van der Waals surface area contributed by atoms with Gasteiger partial charge in [-0.15, -0.1) is 0 Å². The van der Waals surface area contributed by atoms with Gasteiger partial charge in [-0.05, 0) is 61.4 Å². The fourth-order valence-electron chi connectivity index (χ4n) is 4.14.